The van der Waals surface area contributed by atoms with Gasteiger partial charge in [-0.1, -0.05) is 23.7 Å². The second-order valence-corrected chi connectivity index (χ2v) is 6.05. The van der Waals surface area contributed by atoms with Crippen molar-refractivity contribution in [3.05, 3.63) is 57.5 Å². The van der Waals surface area contributed by atoms with Gasteiger partial charge in [-0.2, -0.15) is 0 Å². The predicted molar refractivity (Wildman–Crippen MR) is 88.7 cm³/mol. The van der Waals surface area contributed by atoms with E-state index in [4.69, 9.17) is 16.3 Å². The molecule has 0 amide bonds. The summed E-state index contributed by atoms with van der Waals surface area (Å²) in [5.41, 5.74) is 2.20. The fraction of sp³-hybridized carbons (Fsp3) is 0.250. The molecule has 106 valence electrons. The van der Waals surface area contributed by atoms with E-state index in [9.17, 15) is 0 Å². The van der Waals surface area contributed by atoms with Crippen LogP contribution in [0.5, 0.6) is 5.75 Å². The first-order valence-electron chi connectivity index (χ1n) is 6.49. The van der Waals surface area contributed by atoms with E-state index in [0.29, 0.717) is 5.02 Å². The summed E-state index contributed by atoms with van der Waals surface area (Å²) in [6.07, 6.45) is 0.198. The van der Waals surface area contributed by atoms with Gasteiger partial charge in [0.2, 0.25) is 0 Å². The second-order valence-electron chi connectivity index (χ2n) is 4.79. The molecule has 0 aliphatic rings. The molecule has 0 aromatic heterocycles. The highest BCUT2D eigenvalue weighted by molar-refractivity contribution is 9.10. The Kier molecular flexibility index (Phi) is 5.32. The molecule has 0 fully saturated rings. The maximum absolute atomic E-state index is 6.06. The third-order valence-corrected chi connectivity index (χ3v) is 3.94. The predicted octanol–water partition coefficient (Wildman–Crippen LogP) is 5.50. The molecular weight excluding hydrogens is 338 g/mol. The van der Waals surface area contributed by atoms with Crippen LogP contribution in [0.25, 0.3) is 0 Å². The Balaban J connectivity index is 1.95. The van der Waals surface area contributed by atoms with E-state index >= 15 is 0 Å². The van der Waals surface area contributed by atoms with Crippen molar-refractivity contribution in [3.63, 3.8) is 0 Å². The molecule has 0 heterocycles. The molecule has 0 unspecified atom stereocenters. The molecule has 0 atom stereocenters. The average molecular weight is 355 g/mol. The smallest absolute Gasteiger partial charge is 0.119 e. The Hall–Kier alpha value is -1.19. The second kappa shape index (κ2) is 7.00. The Bertz CT molecular complexity index is 569. The zero-order chi connectivity index (χ0) is 14.5. The SMILES string of the molecule is CC(C)Oc1ccc(CNc2ccc(Br)c(Cl)c2)cc1. The lowest BCUT2D eigenvalue weighted by Crippen LogP contribution is -2.05. The molecule has 2 rings (SSSR count). The molecule has 0 aliphatic heterocycles. The van der Waals surface area contributed by atoms with Gasteiger partial charge in [0.05, 0.1) is 11.1 Å². The quantitative estimate of drug-likeness (QED) is 0.765. The first kappa shape index (κ1) is 15.2. The van der Waals surface area contributed by atoms with Crippen LogP contribution in [0.15, 0.2) is 46.9 Å². The Morgan fingerprint density at radius 2 is 1.85 bits per heavy atom. The zero-order valence-electron chi connectivity index (χ0n) is 11.5. The van der Waals surface area contributed by atoms with E-state index in [1.807, 2.05) is 44.2 Å². The lowest BCUT2D eigenvalue weighted by molar-refractivity contribution is 0.242. The minimum absolute atomic E-state index is 0.198. The molecule has 2 aromatic rings. The number of rotatable bonds is 5. The third kappa shape index (κ3) is 4.43. The van der Waals surface area contributed by atoms with Gasteiger partial charge in [0.25, 0.3) is 0 Å². The van der Waals surface area contributed by atoms with Gasteiger partial charge in [0.1, 0.15) is 5.75 Å². The number of ether oxygens (including phenoxy) is 1. The van der Waals surface area contributed by atoms with Crippen LogP contribution in [0.1, 0.15) is 19.4 Å². The van der Waals surface area contributed by atoms with Crippen LogP contribution in [0.2, 0.25) is 5.02 Å². The van der Waals surface area contributed by atoms with Crippen LogP contribution in [0.4, 0.5) is 5.69 Å². The van der Waals surface area contributed by atoms with Crippen LogP contribution in [-0.2, 0) is 6.54 Å². The van der Waals surface area contributed by atoms with Crippen molar-refractivity contribution in [2.75, 3.05) is 5.32 Å². The van der Waals surface area contributed by atoms with Gasteiger partial charge < -0.3 is 10.1 Å². The Morgan fingerprint density at radius 3 is 2.45 bits per heavy atom. The van der Waals surface area contributed by atoms with E-state index in [2.05, 4.69) is 33.4 Å². The van der Waals surface area contributed by atoms with Gasteiger partial charge in [-0.05, 0) is 65.7 Å². The van der Waals surface area contributed by atoms with Crippen LogP contribution in [0.3, 0.4) is 0 Å². The molecule has 1 N–H and O–H groups in total. The number of hydrogen-bond donors (Lipinski definition) is 1. The largest absolute Gasteiger partial charge is 0.491 e. The van der Waals surface area contributed by atoms with E-state index < -0.39 is 0 Å². The van der Waals surface area contributed by atoms with Gasteiger partial charge in [-0.25, -0.2) is 0 Å². The van der Waals surface area contributed by atoms with Crippen molar-refractivity contribution in [1.29, 1.82) is 0 Å². The number of benzene rings is 2. The van der Waals surface area contributed by atoms with E-state index in [1.54, 1.807) is 0 Å². The van der Waals surface area contributed by atoms with Crippen LogP contribution in [-0.4, -0.2) is 6.10 Å². The number of nitrogens with one attached hydrogen (secondary N) is 1. The fourth-order valence-corrected chi connectivity index (χ4v) is 2.20. The summed E-state index contributed by atoms with van der Waals surface area (Å²) in [7, 11) is 0. The highest BCUT2D eigenvalue weighted by Gasteiger charge is 2.00. The minimum atomic E-state index is 0.198. The Morgan fingerprint density at radius 1 is 1.15 bits per heavy atom. The van der Waals surface area contributed by atoms with Gasteiger partial charge in [-0.15, -0.1) is 0 Å². The van der Waals surface area contributed by atoms with Crippen LogP contribution < -0.4 is 10.1 Å². The van der Waals surface area contributed by atoms with E-state index in [1.165, 1.54) is 5.56 Å². The van der Waals surface area contributed by atoms with Crippen molar-refractivity contribution in [2.45, 2.75) is 26.5 Å². The molecule has 4 heteroatoms. The van der Waals surface area contributed by atoms with Gasteiger partial charge in [0.15, 0.2) is 0 Å². The summed E-state index contributed by atoms with van der Waals surface area (Å²) in [4.78, 5) is 0. The molecule has 0 spiro atoms. The van der Waals surface area contributed by atoms with Gasteiger partial charge in [0, 0.05) is 16.7 Å². The normalized spacial score (nSPS) is 10.7. The topological polar surface area (TPSA) is 21.3 Å². The number of hydrogen-bond acceptors (Lipinski definition) is 2. The summed E-state index contributed by atoms with van der Waals surface area (Å²) in [6.45, 7) is 4.79. The highest BCUT2D eigenvalue weighted by atomic mass is 79.9. The highest BCUT2D eigenvalue weighted by Crippen LogP contribution is 2.25. The van der Waals surface area contributed by atoms with Crippen molar-refractivity contribution in [2.24, 2.45) is 0 Å². The summed E-state index contributed by atoms with van der Waals surface area (Å²) in [6, 6.07) is 13.9. The standard InChI is InChI=1S/C16H17BrClNO/c1-11(2)20-14-6-3-12(4-7-14)10-19-13-5-8-15(17)16(18)9-13/h3-9,11,19H,10H2,1-2H3. The van der Waals surface area contributed by atoms with Crippen molar-refractivity contribution in [1.82, 2.24) is 0 Å². The van der Waals surface area contributed by atoms with E-state index in [-0.39, 0.29) is 6.10 Å². The summed E-state index contributed by atoms with van der Waals surface area (Å²) < 4.78 is 6.52. The first-order chi connectivity index (χ1) is 9.54. The lowest BCUT2D eigenvalue weighted by Gasteiger charge is -2.11. The summed E-state index contributed by atoms with van der Waals surface area (Å²) in [5.74, 6) is 0.899. The van der Waals surface area contributed by atoms with Gasteiger partial charge in [-0.3, -0.25) is 0 Å². The third-order valence-electron chi connectivity index (χ3n) is 2.71. The Labute approximate surface area is 133 Å². The van der Waals surface area contributed by atoms with Crippen molar-refractivity contribution < 1.29 is 4.74 Å². The fourth-order valence-electron chi connectivity index (χ4n) is 1.77. The van der Waals surface area contributed by atoms with Crippen LogP contribution >= 0.6 is 27.5 Å². The molecule has 0 radical (unpaired) electrons. The number of anilines is 1. The molecule has 2 nitrogen and oxygen atoms in total. The van der Waals surface area contributed by atoms with E-state index in [0.717, 1.165) is 22.5 Å². The summed E-state index contributed by atoms with van der Waals surface area (Å²) >= 11 is 9.44. The maximum Gasteiger partial charge on any atom is 0.119 e. The molecule has 0 saturated carbocycles. The monoisotopic (exact) mass is 353 g/mol. The molecule has 20 heavy (non-hydrogen) atoms. The van der Waals surface area contributed by atoms with Crippen LogP contribution in [0, 0.1) is 0 Å². The summed E-state index contributed by atoms with van der Waals surface area (Å²) in [5, 5.41) is 4.05. The average Bonchev–Trinajstić information content (AvgIpc) is 2.41. The number of halogens is 2. The first-order valence-corrected chi connectivity index (χ1v) is 7.66. The van der Waals surface area contributed by atoms with Crippen molar-refractivity contribution >= 4 is 33.2 Å². The van der Waals surface area contributed by atoms with Gasteiger partial charge >= 0.3 is 0 Å². The molecule has 0 aliphatic carbocycles. The molecule has 2 aromatic carbocycles. The maximum atomic E-state index is 6.06. The molecule has 0 saturated heterocycles. The molecule has 0 bridgehead atoms. The van der Waals surface area contributed by atoms with Crippen molar-refractivity contribution in [3.8, 4) is 5.75 Å². The molecular formula is C16H17BrClNO. The lowest BCUT2D eigenvalue weighted by atomic mass is 10.2. The minimum Gasteiger partial charge on any atom is -0.491 e. The zero-order valence-corrected chi connectivity index (χ0v) is 13.8.